The van der Waals surface area contributed by atoms with Crippen molar-refractivity contribution in [1.29, 1.82) is 0 Å². The molecule has 0 aliphatic heterocycles. The van der Waals surface area contributed by atoms with Gasteiger partial charge in [0.05, 0.1) is 17.8 Å². The topological polar surface area (TPSA) is 48.1 Å². The fourth-order valence-corrected chi connectivity index (χ4v) is 2.04. The summed E-state index contributed by atoms with van der Waals surface area (Å²) in [7, 11) is 1.66. The van der Waals surface area contributed by atoms with Crippen LogP contribution in [0.15, 0.2) is 24.3 Å². The summed E-state index contributed by atoms with van der Waals surface area (Å²) < 4.78 is 5.11. The van der Waals surface area contributed by atoms with Crippen molar-refractivity contribution in [2.75, 3.05) is 12.8 Å². The van der Waals surface area contributed by atoms with Gasteiger partial charge in [-0.1, -0.05) is 32.0 Å². The molecule has 1 aromatic heterocycles. The molecule has 90 valence electrons. The van der Waals surface area contributed by atoms with Crippen molar-refractivity contribution in [2.24, 2.45) is 0 Å². The highest BCUT2D eigenvalue weighted by Gasteiger charge is 2.09. The smallest absolute Gasteiger partial charge is 0.0885 e. The minimum Gasteiger partial charge on any atom is -0.398 e. The van der Waals surface area contributed by atoms with Gasteiger partial charge in [-0.15, -0.1) is 0 Å². The van der Waals surface area contributed by atoms with Crippen LogP contribution in [0.2, 0.25) is 0 Å². The average molecular weight is 230 g/mol. The van der Waals surface area contributed by atoms with E-state index in [1.54, 1.807) is 7.11 Å². The molecule has 3 heteroatoms. The Morgan fingerprint density at radius 1 is 1.35 bits per heavy atom. The van der Waals surface area contributed by atoms with E-state index in [0.29, 0.717) is 12.5 Å². The van der Waals surface area contributed by atoms with E-state index in [0.717, 1.165) is 22.3 Å². The van der Waals surface area contributed by atoms with Gasteiger partial charge < -0.3 is 10.5 Å². The molecule has 3 nitrogen and oxygen atoms in total. The lowest BCUT2D eigenvalue weighted by Crippen LogP contribution is -2.00. The summed E-state index contributed by atoms with van der Waals surface area (Å²) in [5, 5.41) is 1.02. The van der Waals surface area contributed by atoms with Gasteiger partial charge in [0, 0.05) is 18.2 Å². The summed E-state index contributed by atoms with van der Waals surface area (Å²) in [6.45, 7) is 4.82. The summed E-state index contributed by atoms with van der Waals surface area (Å²) in [4.78, 5) is 4.64. The van der Waals surface area contributed by atoms with Gasteiger partial charge in [-0.25, -0.2) is 4.98 Å². The van der Waals surface area contributed by atoms with Crippen molar-refractivity contribution in [1.82, 2.24) is 4.98 Å². The third-order valence-corrected chi connectivity index (χ3v) is 2.87. The van der Waals surface area contributed by atoms with E-state index in [-0.39, 0.29) is 0 Å². The van der Waals surface area contributed by atoms with Gasteiger partial charge in [-0.05, 0) is 17.5 Å². The van der Waals surface area contributed by atoms with Crippen LogP contribution in [0.25, 0.3) is 10.9 Å². The monoisotopic (exact) mass is 230 g/mol. The van der Waals surface area contributed by atoms with E-state index >= 15 is 0 Å². The number of hydrogen-bond acceptors (Lipinski definition) is 3. The number of para-hydroxylation sites is 1. The van der Waals surface area contributed by atoms with Crippen LogP contribution in [0.4, 0.5) is 5.69 Å². The Bertz CT molecular complexity index is 535. The first kappa shape index (κ1) is 11.9. The quantitative estimate of drug-likeness (QED) is 0.881. The fraction of sp³-hybridized carbons (Fsp3) is 0.357. The van der Waals surface area contributed by atoms with Crippen LogP contribution in [0, 0.1) is 0 Å². The van der Waals surface area contributed by atoms with Gasteiger partial charge in [-0.3, -0.25) is 0 Å². The molecule has 0 unspecified atom stereocenters. The van der Waals surface area contributed by atoms with Crippen LogP contribution < -0.4 is 5.73 Å². The largest absolute Gasteiger partial charge is 0.398 e. The number of benzene rings is 1. The third-order valence-electron chi connectivity index (χ3n) is 2.87. The number of aromatic nitrogens is 1. The molecule has 0 aliphatic rings. The molecule has 0 atom stereocenters. The molecule has 0 radical (unpaired) electrons. The summed E-state index contributed by atoms with van der Waals surface area (Å²) in [5.41, 5.74) is 9.93. The predicted octanol–water partition coefficient (Wildman–Crippen LogP) is 3.09. The highest BCUT2D eigenvalue weighted by Crippen LogP contribution is 2.28. The summed E-state index contributed by atoms with van der Waals surface area (Å²) in [6.07, 6.45) is 0. The number of anilines is 1. The van der Waals surface area contributed by atoms with E-state index in [2.05, 4.69) is 24.9 Å². The second-order valence-electron chi connectivity index (χ2n) is 4.53. The van der Waals surface area contributed by atoms with E-state index in [9.17, 15) is 0 Å². The maximum absolute atomic E-state index is 6.06. The normalized spacial score (nSPS) is 11.3. The van der Waals surface area contributed by atoms with Gasteiger partial charge in [-0.2, -0.15) is 0 Å². The van der Waals surface area contributed by atoms with Gasteiger partial charge in [0.15, 0.2) is 0 Å². The number of hydrogen-bond donors (Lipinski definition) is 1. The van der Waals surface area contributed by atoms with Crippen LogP contribution >= 0.6 is 0 Å². The molecule has 0 saturated heterocycles. The minimum atomic E-state index is 0.434. The van der Waals surface area contributed by atoms with Crippen LogP contribution in [0.1, 0.15) is 31.0 Å². The lowest BCUT2D eigenvalue weighted by atomic mass is 9.99. The summed E-state index contributed by atoms with van der Waals surface area (Å²) in [6, 6.07) is 8.04. The number of ether oxygens (including phenoxy) is 1. The number of nitrogens with zero attached hydrogens (tertiary/aromatic N) is 1. The minimum absolute atomic E-state index is 0.434. The first-order valence-electron chi connectivity index (χ1n) is 5.80. The number of fused-ring (bicyclic) bond motifs is 1. The molecule has 2 N–H and O–H groups in total. The van der Waals surface area contributed by atoms with Crippen molar-refractivity contribution < 1.29 is 4.74 Å². The molecule has 2 rings (SSSR count). The molecule has 0 amide bonds. The Morgan fingerprint density at radius 2 is 2.12 bits per heavy atom. The number of nitrogens with two attached hydrogens (primary N) is 1. The van der Waals surface area contributed by atoms with Crippen molar-refractivity contribution in [3.8, 4) is 0 Å². The predicted molar refractivity (Wildman–Crippen MR) is 71.0 cm³/mol. The first-order valence-corrected chi connectivity index (χ1v) is 5.80. The lowest BCUT2D eigenvalue weighted by Gasteiger charge is -2.12. The van der Waals surface area contributed by atoms with E-state index in [1.807, 2.05) is 18.2 Å². The van der Waals surface area contributed by atoms with Crippen LogP contribution in [-0.2, 0) is 11.3 Å². The van der Waals surface area contributed by atoms with E-state index < -0.39 is 0 Å². The zero-order chi connectivity index (χ0) is 12.4. The zero-order valence-electron chi connectivity index (χ0n) is 10.5. The Hall–Kier alpha value is -1.61. The number of nitrogen functional groups attached to an aromatic ring is 1. The average Bonchev–Trinajstić information content (AvgIpc) is 2.28. The van der Waals surface area contributed by atoms with E-state index in [4.69, 9.17) is 10.5 Å². The van der Waals surface area contributed by atoms with Gasteiger partial charge >= 0.3 is 0 Å². The highest BCUT2D eigenvalue weighted by atomic mass is 16.5. The molecule has 0 spiro atoms. The molecule has 0 saturated carbocycles. The second-order valence-corrected chi connectivity index (χ2v) is 4.53. The molecule has 0 aliphatic carbocycles. The molecule has 1 heterocycles. The van der Waals surface area contributed by atoms with Gasteiger partial charge in [0.1, 0.15) is 0 Å². The molecular formula is C14H18N2O. The lowest BCUT2D eigenvalue weighted by molar-refractivity contribution is 0.182. The van der Waals surface area contributed by atoms with Crippen molar-refractivity contribution in [3.63, 3.8) is 0 Å². The van der Waals surface area contributed by atoms with Gasteiger partial charge in [0.2, 0.25) is 0 Å². The van der Waals surface area contributed by atoms with Crippen LogP contribution in [0.5, 0.6) is 0 Å². The second kappa shape index (κ2) is 4.72. The maximum Gasteiger partial charge on any atom is 0.0885 e. The number of pyridine rings is 1. The standard InChI is InChI=1S/C14H18N2O/c1-9(2)11-5-4-6-12-13(15)7-10(8-17-3)16-14(11)12/h4-7,9H,8H2,1-3H3,(H2,15,16). The molecule has 17 heavy (non-hydrogen) atoms. The Labute approximate surface area is 102 Å². The Morgan fingerprint density at radius 3 is 2.76 bits per heavy atom. The molecule has 0 fully saturated rings. The highest BCUT2D eigenvalue weighted by molar-refractivity contribution is 5.92. The zero-order valence-corrected chi connectivity index (χ0v) is 10.5. The third kappa shape index (κ3) is 2.24. The number of methoxy groups -OCH3 is 1. The Kier molecular flexibility index (Phi) is 3.29. The summed E-state index contributed by atoms with van der Waals surface area (Å²) in [5.74, 6) is 0.434. The van der Waals surface area contributed by atoms with Crippen LogP contribution in [-0.4, -0.2) is 12.1 Å². The first-order chi connectivity index (χ1) is 8.13. The SMILES string of the molecule is COCc1cc(N)c2cccc(C(C)C)c2n1. The maximum atomic E-state index is 6.06. The molecule has 0 bridgehead atoms. The molecule has 1 aromatic carbocycles. The van der Waals surface area contributed by atoms with Crippen molar-refractivity contribution >= 4 is 16.6 Å². The van der Waals surface area contributed by atoms with E-state index in [1.165, 1.54) is 5.56 Å². The summed E-state index contributed by atoms with van der Waals surface area (Å²) >= 11 is 0. The Balaban J connectivity index is 2.69. The van der Waals surface area contributed by atoms with Gasteiger partial charge in [0.25, 0.3) is 0 Å². The number of rotatable bonds is 3. The molecular weight excluding hydrogens is 212 g/mol. The molecule has 2 aromatic rings. The fourth-order valence-electron chi connectivity index (χ4n) is 2.04. The van der Waals surface area contributed by atoms with Crippen LogP contribution in [0.3, 0.4) is 0 Å². The van der Waals surface area contributed by atoms with Crippen molar-refractivity contribution in [2.45, 2.75) is 26.4 Å². The van der Waals surface area contributed by atoms with Crippen molar-refractivity contribution in [3.05, 3.63) is 35.5 Å².